The molecule has 2 aliphatic heterocycles. The predicted molar refractivity (Wildman–Crippen MR) is 169 cm³/mol. The molecule has 0 fully saturated rings. The van der Waals surface area contributed by atoms with Crippen LogP contribution in [0.25, 0.3) is 11.3 Å². The maximum atomic E-state index is 11.5. The number of pyridine rings is 1. The van der Waals surface area contributed by atoms with E-state index >= 15 is 0 Å². The number of rotatable bonds is 2. The molecule has 4 aromatic rings. The fourth-order valence-electron chi connectivity index (χ4n) is 4.58. The van der Waals surface area contributed by atoms with Gasteiger partial charge in [0.05, 0.1) is 0 Å². The number of aliphatic hydroxyl groups excluding tert-OH is 1. The molecule has 0 saturated carbocycles. The van der Waals surface area contributed by atoms with Crippen LogP contribution in [0.4, 0.5) is 0 Å². The van der Waals surface area contributed by atoms with E-state index in [-0.39, 0.29) is 43.8 Å². The Balaban J connectivity index is 0.000000239. The minimum atomic E-state index is -0.417. The molecule has 1 aromatic heterocycles. The van der Waals surface area contributed by atoms with Crippen molar-refractivity contribution >= 4 is 52.4 Å². The van der Waals surface area contributed by atoms with Gasteiger partial charge in [-0.1, -0.05) is 111 Å². The van der Waals surface area contributed by atoms with E-state index in [9.17, 15) is 9.90 Å². The van der Waals surface area contributed by atoms with Crippen molar-refractivity contribution in [2.75, 3.05) is 0 Å². The summed E-state index contributed by atoms with van der Waals surface area (Å²) in [6.07, 6.45) is 3.19. The molecule has 0 atom stereocenters. The molecular weight excluding hydrogens is 722 g/mol. The van der Waals surface area contributed by atoms with Gasteiger partial charge in [-0.05, 0) is 33.7 Å². The van der Waals surface area contributed by atoms with Gasteiger partial charge in [-0.25, -0.2) is 0 Å². The van der Waals surface area contributed by atoms with Crippen molar-refractivity contribution in [1.29, 1.82) is 0 Å². The number of hydrogen-bond donors (Lipinski definition) is 1. The number of fused-ring (bicyclic) bond motifs is 4. The zero-order chi connectivity index (χ0) is 28.7. The molecule has 0 spiro atoms. The third kappa shape index (κ3) is 6.59. The van der Waals surface area contributed by atoms with Crippen molar-refractivity contribution in [2.45, 2.75) is 61.1 Å². The van der Waals surface area contributed by atoms with E-state index in [2.05, 4.69) is 71.7 Å². The second-order valence-electron chi connectivity index (χ2n) is 12.1. The van der Waals surface area contributed by atoms with E-state index in [1.165, 1.54) is 42.0 Å². The van der Waals surface area contributed by atoms with Crippen LogP contribution >= 0.6 is 23.5 Å². The first-order valence-electron chi connectivity index (χ1n) is 13.4. The Hall–Kier alpha value is -2.57. The Morgan fingerprint density at radius 3 is 1.98 bits per heavy atom. The third-order valence-electron chi connectivity index (χ3n) is 6.96. The second-order valence-corrected chi connectivity index (χ2v) is 14.2. The molecule has 1 N–H and O–H groups in total. The molecule has 3 heterocycles. The summed E-state index contributed by atoms with van der Waals surface area (Å²) in [5, 5.41) is 9.56. The van der Waals surface area contributed by atoms with Crippen molar-refractivity contribution in [1.82, 2.24) is 4.98 Å². The summed E-state index contributed by atoms with van der Waals surface area (Å²) in [6.45, 7) is 11.4. The number of nitrogens with zero attached hydrogens (tertiary/aromatic N) is 1. The average Bonchev–Trinajstić information content (AvgIpc) is 2.92. The van der Waals surface area contributed by atoms with Gasteiger partial charge in [0.25, 0.3) is 0 Å². The van der Waals surface area contributed by atoms with Crippen molar-refractivity contribution in [3.63, 3.8) is 0 Å². The summed E-state index contributed by atoms with van der Waals surface area (Å²) < 4.78 is 0. The molecule has 1 radical (unpaired) electrons. The van der Waals surface area contributed by atoms with Crippen LogP contribution in [0.2, 0.25) is 0 Å². The minimum absolute atomic E-state index is 0. The number of aromatic nitrogens is 1. The summed E-state index contributed by atoms with van der Waals surface area (Å²) in [5.41, 5.74) is 5.56. The number of hydrogen-bond acceptors (Lipinski definition) is 5. The fourth-order valence-corrected chi connectivity index (χ4v) is 7.05. The van der Waals surface area contributed by atoms with E-state index in [0.717, 1.165) is 11.3 Å². The van der Waals surface area contributed by atoms with E-state index in [4.69, 9.17) is 0 Å². The largest absolute Gasteiger partial charge is 0.512 e. The van der Waals surface area contributed by atoms with Gasteiger partial charge in [-0.3, -0.25) is 4.79 Å². The molecule has 6 rings (SSSR count). The van der Waals surface area contributed by atoms with Gasteiger partial charge in [0.15, 0.2) is 5.78 Å². The quantitative estimate of drug-likeness (QED) is 0.0887. The Labute approximate surface area is 266 Å². The van der Waals surface area contributed by atoms with Crippen molar-refractivity contribution in [2.24, 2.45) is 10.8 Å². The van der Waals surface area contributed by atoms with Crippen LogP contribution in [-0.2, 0) is 24.9 Å². The summed E-state index contributed by atoms with van der Waals surface area (Å²) >= 11 is 3.72. The van der Waals surface area contributed by atoms with Crippen molar-refractivity contribution in [3.8, 4) is 11.3 Å². The molecule has 2 aliphatic rings. The molecule has 3 aromatic carbocycles. The first kappa shape index (κ1) is 31.4. The minimum Gasteiger partial charge on any atom is -0.512 e. The summed E-state index contributed by atoms with van der Waals surface area (Å²) in [6, 6.07) is 29.4. The van der Waals surface area contributed by atoms with E-state index in [1.54, 1.807) is 0 Å². The maximum Gasteiger partial charge on any atom is 0.227 e. The summed E-state index contributed by atoms with van der Waals surface area (Å²) in [4.78, 5) is 21.4. The van der Waals surface area contributed by atoms with Gasteiger partial charge >= 0.3 is 0 Å². The number of aliphatic hydroxyl groups is 1. The Morgan fingerprint density at radius 2 is 1.41 bits per heavy atom. The van der Waals surface area contributed by atoms with Crippen LogP contribution in [0, 0.1) is 16.9 Å². The van der Waals surface area contributed by atoms with Crippen molar-refractivity contribution < 1.29 is 30.0 Å². The molecule has 0 aliphatic carbocycles. The van der Waals surface area contributed by atoms with Crippen molar-refractivity contribution in [3.05, 3.63) is 96.9 Å². The number of carbonyl (C=O) groups excluding carboxylic acids is 1. The zero-order valence-electron chi connectivity index (χ0n) is 24.1. The SMILES string of the molecule is CC(C)(C)C(=O)/C=C(\O)C(C)(C)C.[Ir].[c-]1cc2c3c(c1-c1ccccn1)Sc1ccccc1B3c1ccccc1S2. The molecule has 0 amide bonds. The molecule has 7 heteroatoms. The average molecular weight is 755 g/mol. The molecule has 3 nitrogen and oxygen atoms in total. The summed E-state index contributed by atoms with van der Waals surface area (Å²) in [5.74, 6) is 0.104. The first-order chi connectivity index (χ1) is 18.9. The fraction of sp³-hybridized carbons (Fsp3) is 0.235. The van der Waals surface area contributed by atoms with Crippen LogP contribution in [0.5, 0.6) is 0 Å². The maximum absolute atomic E-state index is 11.5. The van der Waals surface area contributed by atoms with Gasteiger partial charge < -0.3 is 10.1 Å². The third-order valence-corrected chi connectivity index (χ3v) is 9.33. The van der Waals surface area contributed by atoms with Crippen LogP contribution in [-0.4, -0.2) is 22.6 Å². The van der Waals surface area contributed by atoms with Gasteiger partial charge in [-0.2, -0.15) is 0 Å². The standard InChI is InChI=1S/C23H13BNS2.C11H20O2.Ir/c1-3-10-19-16(7-1)24-17-8-2-4-11-20(17)27-23-15(18-9-5-6-14-25-18)12-13-21(26-19)22(23)24;1-10(2,3)8(12)7-9(13)11(4,5)6;/h1-11,13-14H;7,12H,1-6H3;/q-1;;/b;8-7-;. The molecule has 211 valence electrons. The number of allylic oxidation sites excluding steroid dienone is 2. The summed E-state index contributed by atoms with van der Waals surface area (Å²) in [7, 11) is 0. The van der Waals surface area contributed by atoms with Gasteiger partial charge in [0.1, 0.15) is 5.76 Å². The smallest absolute Gasteiger partial charge is 0.227 e. The van der Waals surface area contributed by atoms with E-state index in [0.29, 0.717) is 0 Å². The molecule has 41 heavy (non-hydrogen) atoms. The van der Waals surface area contributed by atoms with Gasteiger partial charge in [-0.15, -0.1) is 46.7 Å². The van der Waals surface area contributed by atoms with Crippen LogP contribution in [0.3, 0.4) is 0 Å². The second kappa shape index (κ2) is 12.3. The van der Waals surface area contributed by atoms with Gasteiger partial charge in [0, 0.05) is 43.2 Å². The predicted octanol–water partition coefficient (Wildman–Crippen LogP) is 7.08. The first-order valence-corrected chi connectivity index (χ1v) is 15.1. The molecular formula is C34H33BIrNO2S2-. The van der Waals surface area contributed by atoms with Crippen LogP contribution in [0.1, 0.15) is 41.5 Å². The molecule has 0 unspecified atom stereocenters. The van der Waals surface area contributed by atoms with E-state index < -0.39 is 5.41 Å². The normalized spacial score (nSPS) is 13.5. The topological polar surface area (TPSA) is 50.2 Å². The monoisotopic (exact) mass is 755 g/mol. The number of carbonyl (C=O) groups is 1. The zero-order valence-corrected chi connectivity index (χ0v) is 28.1. The number of benzene rings is 3. The van der Waals surface area contributed by atoms with Gasteiger partial charge in [0.2, 0.25) is 6.71 Å². The van der Waals surface area contributed by atoms with E-state index in [1.807, 2.05) is 83.4 Å². The number of ketones is 1. The van der Waals surface area contributed by atoms with Crippen LogP contribution < -0.4 is 16.4 Å². The Kier molecular flexibility index (Phi) is 9.45. The molecule has 0 saturated heterocycles. The Morgan fingerprint density at radius 1 is 0.829 bits per heavy atom. The molecule has 0 bridgehead atoms. The Bertz CT molecular complexity index is 1600. The van der Waals surface area contributed by atoms with Crippen LogP contribution in [0.15, 0.2) is 110 Å².